The normalized spacial score (nSPS) is 14.8. The minimum absolute atomic E-state index is 0.490. The summed E-state index contributed by atoms with van der Waals surface area (Å²) in [6.45, 7) is 2.13. The van der Waals surface area contributed by atoms with E-state index in [4.69, 9.17) is 0 Å². The van der Waals surface area contributed by atoms with Crippen molar-refractivity contribution in [2.24, 2.45) is 0 Å². The smallest absolute Gasteiger partial charge is 0.0773 e. The van der Waals surface area contributed by atoms with Crippen LogP contribution < -0.4 is 0 Å². The molecule has 1 N–H and O–H groups in total. The second-order valence-electron chi connectivity index (χ2n) is 4.14. The Morgan fingerprint density at radius 2 is 2.00 bits per heavy atom. The van der Waals surface area contributed by atoms with Crippen molar-refractivity contribution in [3.63, 3.8) is 0 Å². The lowest BCUT2D eigenvalue weighted by Gasteiger charge is -2.04. The first-order chi connectivity index (χ1) is 8.63. The van der Waals surface area contributed by atoms with E-state index in [1.54, 1.807) is 11.5 Å². The molecular formula is C14H19BrO2S. The molecule has 0 heterocycles. The van der Waals surface area contributed by atoms with Gasteiger partial charge in [-0.1, -0.05) is 42.1 Å². The van der Waals surface area contributed by atoms with Gasteiger partial charge in [0.2, 0.25) is 0 Å². The van der Waals surface area contributed by atoms with Crippen molar-refractivity contribution in [2.45, 2.75) is 43.6 Å². The summed E-state index contributed by atoms with van der Waals surface area (Å²) in [5.74, 6) is 0. The maximum absolute atomic E-state index is 11.9. The van der Waals surface area contributed by atoms with E-state index >= 15 is 0 Å². The average Bonchev–Trinajstić information content (AvgIpc) is 2.37. The third-order valence-electron chi connectivity index (χ3n) is 2.57. The molecule has 2 unspecified atom stereocenters. The summed E-state index contributed by atoms with van der Waals surface area (Å²) >= 11 is 3.34. The third kappa shape index (κ3) is 5.94. The van der Waals surface area contributed by atoms with Crippen LogP contribution in [-0.2, 0) is 10.8 Å². The van der Waals surface area contributed by atoms with Gasteiger partial charge in [-0.2, -0.15) is 0 Å². The molecule has 0 amide bonds. The Morgan fingerprint density at radius 1 is 1.33 bits per heavy atom. The average molecular weight is 331 g/mol. The Bertz CT molecular complexity index is 401. The van der Waals surface area contributed by atoms with Crippen molar-refractivity contribution in [1.29, 1.82) is 0 Å². The Balaban J connectivity index is 2.46. The van der Waals surface area contributed by atoms with Gasteiger partial charge in [0.25, 0.3) is 0 Å². The number of aliphatic hydroxyl groups excluding tert-OH is 1. The third-order valence-corrected chi connectivity index (χ3v) is 4.24. The Labute approximate surface area is 120 Å². The summed E-state index contributed by atoms with van der Waals surface area (Å²) in [5, 5.41) is 11.3. The zero-order chi connectivity index (χ0) is 13.4. The van der Waals surface area contributed by atoms with Gasteiger partial charge in [-0.3, -0.25) is 0 Å². The first kappa shape index (κ1) is 15.6. The number of benzene rings is 1. The molecular weight excluding hydrogens is 312 g/mol. The van der Waals surface area contributed by atoms with Gasteiger partial charge in [0.05, 0.1) is 16.9 Å². The number of rotatable bonds is 7. The minimum atomic E-state index is -1.18. The summed E-state index contributed by atoms with van der Waals surface area (Å²) in [7, 11) is -1.18. The molecule has 0 aliphatic rings. The van der Waals surface area contributed by atoms with Gasteiger partial charge in [-0.15, -0.1) is 0 Å². The standard InChI is InChI=1S/C14H19BrO2S/c1-2-3-4-5-13(16)10-11-18(17)14-8-6-12(15)7-9-14/h6-11,13,16H,2-5H2,1H3/b11-10-. The quantitative estimate of drug-likeness (QED) is 0.767. The fourth-order valence-corrected chi connectivity index (χ4v) is 2.66. The Kier molecular flexibility index (Phi) is 7.47. The van der Waals surface area contributed by atoms with Gasteiger partial charge >= 0.3 is 0 Å². The lowest BCUT2D eigenvalue weighted by molar-refractivity contribution is 0.208. The van der Waals surface area contributed by atoms with Gasteiger partial charge in [0, 0.05) is 14.8 Å². The number of hydrogen-bond acceptors (Lipinski definition) is 2. The molecule has 0 saturated carbocycles. The van der Waals surface area contributed by atoms with E-state index in [-0.39, 0.29) is 0 Å². The van der Waals surface area contributed by atoms with Crippen LogP contribution in [0.15, 0.2) is 45.1 Å². The van der Waals surface area contributed by atoms with Crippen LogP contribution in [0, 0.1) is 0 Å². The van der Waals surface area contributed by atoms with Crippen LogP contribution in [0.1, 0.15) is 32.6 Å². The maximum Gasteiger partial charge on any atom is 0.0773 e. The van der Waals surface area contributed by atoms with E-state index in [1.165, 1.54) is 0 Å². The van der Waals surface area contributed by atoms with Crippen LogP contribution in [0.5, 0.6) is 0 Å². The molecule has 1 aromatic rings. The van der Waals surface area contributed by atoms with E-state index in [9.17, 15) is 9.32 Å². The zero-order valence-corrected chi connectivity index (χ0v) is 12.9. The van der Waals surface area contributed by atoms with Crippen LogP contribution in [0.25, 0.3) is 0 Å². The SMILES string of the molecule is CCCCCC(O)/C=C\S(=O)c1ccc(Br)cc1. The van der Waals surface area contributed by atoms with E-state index in [2.05, 4.69) is 22.9 Å². The summed E-state index contributed by atoms with van der Waals surface area (Å²) in [5.41, 5.74) is 0. The van der Waals surface area contributed by atoms with Gasteiger partial charge in [-0.05, 0) is 36.8 Å². The zero-order valence-electron chi connectivity index (χ0n) is 10.5. The molecule has 0 aliphatic heterocycles. The summed E-state index contributed by atoms with van der Waals surface area (Å²) in [4.78, 5) is 0.746. The van der Waals surface area contributed by atoms with Crippen molar-refractivity contribution < 1.29 is 9.32 Å². The summed E-state index contributed by atoms with van der Waals surface area (Å²) < 4.78 is 12.9. The minimum Gasteiger partial charge on any atom is -0.389 e. The van der Waals surface area contributed by atoms with E-state index < -0.39 is 16.9 Å². The highest BCUT2D eigenvalue weighted by Crippen LogP contribution is 2.14. The Hall–Kier alpha value is -0.450. The lowest BCUT2D eigenvalue weighted by Crippen LogP contribution is -2.02. The second-order valence-corrected chi connectivity index (χ2v) is 6.40. The molecule has 1 aromatic carbocycles. The predicted molar refractivity (Wildman–Crippen MR) is 79.8 cm³/mol. The molecule has 18 heavy (non-hydrogen) atoms. The molecule has 0 aliphatic carbocycles. The van der Waals surface area contributed by atoms with E-state index in [0.29, 0.717) is 0 Å². The first-order valence-electron chi connectivity index (χ1n) is 6.16. The number of halogens is 1. The van der Waals surface area contributed by atoms with Gasteiger partial charge in [-0.25, -0.2) is 4.21 Å². The highest BCUT2D eigenvalue weighted by atomic mass is 79.9. The van der Waals surface area contributed by atoms with Gasteiger partial charge in [0.1, 0.15) is 0 Å². The van der Waals surface area contributed by atoms with Crippen molar-refractivity contribution in [1.82, 2.24) is 0 Å². The maximum atomic E-state index is 11.9. The molecule has 1 rings (SSSR count). The van der Waals surface area contributed by atoms with Crippen LogP contribution in [0.4, 0.5) is 0 Å². The van der Waals surface area contributed by atoms with Crippen molar-refractivity contribution in [3.05, 3.63) is 40.2 Å². The fourth-order valence-electron chi connectivity index (χ4n) is 1.51. The monoisotopic (exact) mass is 330 g/mol. The van der Waals surface area contributed by atoms with Crippen molar-refractivity contribution >= 4 is 26.7 Å². The molecule has 0 spiro atoms. The second kappa shape index (κ2) is 8.62. The fraction of sp³-hybridized carbons (Fsp3) is 0.429. The van der Waals surface area contributed by atoms with Crippen LogP contribution in [0.3, 0.4) is 0 Å². The highest BCUT2D eigenvalue weighted by molar-refractivity contribution is 9.10. The van der Waals surface area contributed by atoms with Gasteiger partial charge < -0.3 is 5.11 Å². The van der Waals surface area contributed by atoms with Crippen LogP contribution in [0.2, 0.25) is 0 Å². The molecule has 4 heteroatoms. The number of unbranched alkanes of at least 4 members (excludes halogenated alkanes) is 2. The van der Waals surface area contributed by atoms with Crippen LogP contribution >= 0.6 is 15.9 Å². The molecule has 0 bridgehead atoms. The van der Waals surface area contributed by atoms with E-state index in [0.717, 1.165) is 35.1 Å². The lowest BCUT2D eigenvalue weighted by atomic mass is 10.1. The highest BCUT2D eigenvalue weighted by Gasteiger charge is 2.02. The van der Waals surface area contributed by atoms with Crippen molar-refractivity contribution in [3.8, 4) is 0 Å². The van der Waals surface area contributed by atoms with Gasteiger partial charge in [0.15, 0.2) is 0 Å². The van der Waals surface area contributed by atoms with Crippen LogP contribution in [-0.4, -0.2) is 15.4 Å². The number of aliphatic hydroxyl groups is 1. The van der Waals surface area contributed by atoms with Crippen molar-refractivity contribution in [2.75, 3.05) is 0 Å². The first-order valence-corrected chi connectivity index (χ1v) is 8.16. The molecule has 0 saturated heterocycles. The molecule has 0 aromatic heterocycles. The largest absolute Gasteiger partial charge is 0.389 e. The topological polar surface area (TPSA) is 37.3 Å². The van der Waals surface area contributed by atoms with E-state index in [1.807, 2.05) is 24.3 Å². The summed E-state index contributed by atoms with van der Waals surface area (Å²) in [6, 6.07) is 7.35. The molecule has 2 atom stereocenters. The molecule has 2 nitrogen and oxygen atoms in total. The molecule has 100 valence electrons. The number of hydrogen-bond donors (Lipinski definition) is 1. The molecule has 0 radical (unpaired) electrons. The predicted octanol–water partition coefficient (Wildman–Crippen LogP) is 4.01. The molecule has 0 fully saturated rings. The Morgan fingerprint density at radius 3 is 2.61 bits per heavy atom. The summed E-state index contributed by atoms with van der Waals surface area (Å²) in [6.07, 6.45) is 5.15.